The normalized spacial score (nSPS) is 51.9. The summed E-state index contributed by atoms with van der Waals surface area (Å²) in [5.41, 5.74) is -0.441. The molecule has 0 radical (unpaired) electrons. The maximum Gasteiger partial charge on any atom is 0.286 e. The molecule has 0 aromatic rings. The van der Waals surface area contributed by atoms with Gasteiger partial charge in [-0.05, 0) is 12.8 Å². The van der Waals surface area contributed by atoms with Crippen molar-refractivity contribution in [2.75, 3.05) is 7.11 Å². The van der Waals surface area contributed by atoms with Gasteiger partial charge in [-0.2, -0.15) is 5.11 Å². The Morgan fingerprint density at radius 3 is 2.47 bits per heavy atom. The lowest BCUT2D eigenvalue weighted by Gasteiger charge is -2.38. The summed E-state index contributed by atoms with van der Waals surface area (Å²) in [4.78, 5) is 0. The number of rotatable bonds is 1. The Morgan fingerprint density at radius 2 is 1.93 bits per heavy atom. The van der Waals surface area contributed by atoms with E-state index in [1.54, 1.807) is 7.11 Å². The van der Waals surface area contributed by atoms with Crippen LogP contribution in [0.15, 0.2) is 22.4 Å². The van der Waals surface area contributed by atoms with Crippen molar-refractivity contribution in [3.63, 3.8) is 0 Å². The topological polar surface area (TPSA) is 43.2 Å². The van der Waals surface area contributed by atoms with Crippen LogP contribution in [0.5, 0.6) is 0 Å². The molecule has 4 nitrogen and oxygen atoms in total. The van der Waals surface area contributed by atoms with Gasteiger partial charge in [0.25, 0.3) is 5.91 Å². The summed E-state index contributed by atoms with van der Waals surface area (Å²) in [6, 6.07) is 0. The first kappa shape index (κ1) is 9.48. The van der Waals surface area contributed by atoms with Crippen molar-refractivity contribution in [1.29, 1.82) is 0 Å². The zero-order valence-corrected chi connectivity index (χ0v) is 9.14. The zero-order chi connectivity index (χ0) is 10.5. The van der Waals surface area contributed by atoms with E-state index in [1.807, 2.05) is 6.92 Å². The zero-order valence-electron chi connectivity index (χ0n) is 9.14. The lowest BCUT2D eigenvalue weighted by Crippen LogP contribution is -2.46. The van der Waals surface area contributed by atoms with Gasteiger partial charge < -0.3 is 4.74 Å². The van der Waals surface area contributed by atoms with Crippen LogP contribution in [0.25, 0.3) is 0 Å². The third kappa shape index (κ3) is 1.15. The third-order valence-corrected chi connectivity index (χ3v) is 3.79. The number of hydrogen-bond acceptors (Lipinski definition) is 4. The molecule has 0 N–H and O–H groups in total. The summed E-state index contributed by atoms with van der Waals surface area (Å²) in [6.07, 6.45) is 8.01. The van der Waals surface area contributed by atoms with Crippen molar-refractivity contribution in [2.24, 2.45) is 22.1 Å². The summed E-state index contributed by atoms with van der Waals surface area (Å²) < 4.78 is 11.2. The van der Waals surface area contributed by atoms with Gasteiger partial charge in [-0.25, -0.2) is 0 Å². The molecule has 2 aliphatic carbocycles. The number of hydrogen-bond donors (Lipinski definition) is 0. The Labute approximate surface area is 89.4 Å². The highest BCUT2D eigenvalue weighted by atomic mass is 16.7. The van der Waals surface area contributed by atoms with Crippen LogP contribution in [0.1, 0.15) is 26.2 Å². The number of ether oxygens (including phenoxy) is 2. The van der Waals surface area contributed by atoms with Crippen LogP contribution in [0.4, 0.5) is 0 Å². The van der Waals surface area contributed by atoms with Crippen molar-refractivity contribution in [2.45, 2.75) is 37.8 Å². The summed E-state index contributed by atoms with van der Waals surface area (Å²) in [5, 5.41) is 8.53. The summed E-state index contributed by atoms with van der Waals surface area (Å²) in [6.45, 7) is 1.82. The highest BCUT2D eigenvalue weighted by Crippen LogP contribution is 2.53. The van der Waals surface area contributed by atoms with Gasteiger partial charge >= 0.3 is 0 Å². The van der Waals surface area contributed by atoms with E-state index < -0.39 is 11.6 Å². The predicted molar refractivity (Wildman–Crippen MR) is 54.1 cm³/mol. The molecular formula is C11H16N2O2. The molecule has 3 rings (SSSR count). The van der Waals surface area contributed by atoms with E-state index in [1.165, 1.54) is 6.42 Å². The van der Waals surface area contributed by atoms with E-state index in [4.69, 9.17) is 9.47 Å². The van der Waals surface area contributed by atoms with Crippen LogP contribution < -0.4 is 0 Å². The van der Waals surface area contributed by atoms with Crippen molar-refractivity contribution in [3.8, 4) is 0 Å². The average Bonchev–Trinajstić information content (AvgIpc) is 2.63. The lowest BCUT2D eigenvalue weighted by molar-refractivity contribution is -0.256. The minimum Gasteiger partial charge on any atom is -0.334 e. The summed E-state index contributed by atoms with van der Waals surface area (Å²) in [5.74, 6) is -0.103. The van der Waals surface area contributed by atoms with E-state index >= 15 is 0 Å². The second-order valence-electron chi connectivity index (χ2n) is 4.68. The van der Waals surface area contributed by atoms with Crippen LogP contribution in [0.2, 0.25) is 0 Å². The van der Waals surface area contributed by atoms with Gasteiger partial charge in [0.15, 0.2) is 5.72 Å². The van der Waals surface area contributed by atoms with Crippen LogP contribution in [0, 0.1) is 11.8 Å². The Hall–Kier alpha value is -0.740. The molecule has 1 spiro atoms. The smallest absolute Gasteiger partial charge is 0.286 e. The molecule has 0 amide bonds. The molecule has 0 saturated heterocycles. The van der Waals surface area contributed by atoms with E-state index in [9.17, 15) is 0 Å². The molecule has 2 unspecified atom stereocenters. The monoisotopic (exact) mass is 208 g/mol. The second-order valence-corrected chi connectivity index (χ2v) is 4.68. The van der Waals surface area contributed by atoms with Gasteiger partial charge in [0.05, 0.1) is 0 Å². The first-order valence-electron chi connectivity index (χ1n) is 5.56. The largest absolute Gasteiger partial charge is 0.334 e. The molecule has 82 valence electrons. The first-order valence-corrected chi connectivity index (χ1v) is 5.56. The van der Waals surface area contributed by atoms with Crippen LogP contribution in [0.3, 0.4) is 0 Å². The van der Waals surface area contributed by atoms with Crippen LogP contribution >= 0.6 is 0 Å². The molecule has 4 atom stereocenters. The molecular weight excluding hydrogens is 192 g/mol. The van der Waals surface area contributed by atoms with Gasteiger partial charge in [0.2, 0.25) is 0 Å². The standard InChI is InChI=1S/C11H16N2O2/c1-10(14-2)12-13-11(15-10)8-4-3-5-9(11)7-6-8/h6-9H,3-5H2,1-2H3/t8-,9+,10?,11?. The summed E-state index contributed by atoms with van der Waals surface area (Å²) in [7, 11) is 1.61. The second kappa shape index (κ2) is 2.89. The van der Waals surface area contributed by atoms with Crippen molar-refractivity contribution in [3.05, 3.63) is 12.2 Å². The molecule has 2 bridgehead atoms. The van der Waals surface area contributed by atoms with E-state index in [-0.39, 0.29) is 0 Å². The van der Waals surface area contributed by atoms with E-state index in [0.29, 0.717) is 11.8 Å². The molecule has 1 aliphatic heterocycles. The third-order valence-electron chi connectivity index (χ3n) is 3.79. The Balaban J connectivity index is 1.92. The lowest BCUT2D eigenvalue weighted by atomic mass is 9.80. The highest BCUT2D eigenvalue weighted by Gasteiger charge is 2.58. The van der Waals surface area contributed by atoms with Gasteiger partial charge in [-0.3, -0.25) is 4.74 Å². The SMILES string of the molecule is COC1(C)N=NC2(O1)[C@@H]1C=C[C@H]2CCC1. The minimum absolute atomic E-state index is 0.386. The fourth-order valence-electron chi connectivity index (χ4n) is 2.88. The molecule has 15 heavy (non-hydrogen) atoms. The molecule has 0 aromatic carbocycles. The van der Waals surface area contributed by atoms with Crippen LogP contribution in [-0.4, -0.2) is 18.7 Å². The van der Waals surface area contributed by atoms with E-state index in [2.05, 4.69) is 22.4 Å². The minimum atomic E-state index is -0.875. The highest BCUT2D eigenvalue weighted by molar-refractivity contribution is 5.18. The molecule has 4 heteroatoms. The van der Waals surface area contributed by atoms with Crippen molar-refractivity contribution >= 4 is 0 Å². The van der Waals surface area contributed by atoms with Gasteiger partial charge in [-0.1, -0.05) is 18.6 Å². The maximum atomic E-state index is 6.00. The quantitative estimate of drug-likeness (QED) is 0.621. The van der Waals surface area contributed by atoms with E-state index in [0.717, 1.165) is 12.8 Å². The Bertz CT molecular complexity index is 325. The Morgan fingerprint density at radius 1 is 1.27 bits per heavy atom. The van der Waals surface area contributed by atoms with Gasteiger partial charge in [0.1, 0.15) is 0 Å². The molecule has 0 aromatic heterocycles. The fourth-order valence-corrected chi connectivity index (χ4v) is 2.88. The molecule has 1 saturated carbocycles. The number of methoxy groups -OCH3 is 1. The predicted octanol–water partition coefficient (Wildman–Crippen LogP) is 2.47. The Kier molecular flexibility index (Phi) is 1.83. The molecule has 1 heterocycles. The van der Waals surface area contributed by atoms with Gasteiger partial charge in [0, 0.05) is 25.9 Å². The average molecular weight is 208 g/mol. The van der Waals surface area contributed by atoms with Crippen LogP contribution in [-0.2, 0) is 9.47 Å². The van der Waals surface area contributed by atoms with Crippen molar-refractivity contribution < 1.29 is 9.47 Å². The summed E-state index contributed by atoms with van der Waals surface area (Å²) >= 11 is 0. The molecule has 3 aliphatic rings. The van der Waals surface area contributed by atoms with Gasteiger partial charge in [-0.15, -0.1) is 5.11 Å². The maximum absolute atomic E-state index is 6.00. The number of nitrogens with zero attached hydrogens (tertiary/aromatic N) is 2. The first-order chi connectivity index (χ1) is 7.19. The molecule has 1 fully saturated rings. The van der Waals surface area contributed by atoms with Crippen molar-refractivity contribution in [1.82, 2.24) is 0 Å². The fraction of sp³-hybridized carbons (Fsp3) is 0.818. The number of azo groups is 1.